The Hall–Kier alpha value is -2.11. The van der Waals surface area contributed by atoms with E-state index in [9.17, 15) is 4.79 Å². The number of rotatable bonds is 3. The van der Waals surface area contributed by atoms with Gasteiger partial charge in [-0.2, -0.15) is 11.3 Å². The molecular weight excluding hydrogens is 318 g/mol. The predicted octanol–water partition coefficient (Wildman–Crippen LogP) is 4.29. The number of thiophene rings is 1. The van der Waals surface area contributed by atoms with Gasteiger partial charge in [-0.05, 0) is 74.1 Å². The highest BCUT2D eigenvalue weighted by Gasteiger charge is 2.21. The normalized spacial score (nSPS) is 16.5. The van der Waals surface area contributed by atoms with Crippen LogP contribution in [-0.4, -0.2) is 35.9 Å². The molecule has 5 heteroatoms. The van der Waals surface area contributed by atoms with Crippen LogP contribution in [0.15, 0.2) is 41.2 Å². The van der Waals surface area contributed by atoms with Gasteiger partial charge in [0.2, 0.25) is 0 Å². The molecular formula is C19H21N3OS. The summed E-state index contributed by atoms with van der Waals surface area (Å²) in [5, 5.41) is 8.03. The van der Waals surface area contributed by atoms with Crippen molar-refractivity contribution in [1.29, 1.82) is 0 Å². The molecule has 2 N–H and O–H groups in total. The first-order chi connectivity index (χ1) is 11.7. The average molecular weight is 339 g/mol. The topological polar surface area (TPSA) is 48.1 Å². The molecule has 1 aromatic carbocycles. The van der Waals surface area contributed by atoms with E-state index in [1.165, 1.54) is 35.1 Å². The summed E-state index contributed by atoms with van der Waals surface area (Å²) in [5.41, 5.74) is 4.08. The molecule has 4 nitrogen and oxygen atoms in total. The lowest BCUT2D eigenvalue weighted by Crippen LogP contribution is -2.29. The van der Waals surface area contributed by atoms with Crippen LogP contribution in [0, 0.1) is 0 Å². The number of benzene rings is 1. The quantitative estimate of drug-likeness (QED) is 0.748. The molecule has 0 radical (unpaired) electrons. The number of fused-ring (bicyclic) bond motifs is 1. The number of likely N-dealkylation sites (tertiary alicyclic amines) is 1. The fourth-order valence-corrected chi connectivity index (χ4v) is 4.11. The van der Waals surface area contributed by atoms with Crippen molar-refractivity contribution in [1.82, 2.24) is 9.88 Å². The van der Waals surface area contributed by atoms with Crippen LogP contribution in [-0.2, 0) is 0 Å². The number of H-pyrrole nitrogens is 1. The second-order valence-corrected chi connectivity index (χ2v) is 7.33. The summed E-state index contributed by atoms with van der Waals surface area (Å²) in [6.45, 7) is 2.29. The summed E-state index contributed by atoms with van der Waals surface area (Å²) >= 11 is 1.53. The Kier molecular flexibility index (Phi) is 4.12. The summed E-state index contributed by atoms with van der Waals surface area (Å²) in [6, 6.07) is 7.96. The van der Waals surface area contributed by atoms with Gasteiger partial charge in [0.25, 0.3) is 5.91 Å². The number of carbonyl (C=O) groups excluding carboxylic acids is 1. The van der Waals surface area contributed by atoms with Gasteiger partial charge in [-0.3, -0.25) is 4.79 Å². The largest absolute Gasteiger partial charge is 0.361 e. The predicted molar refractivity (Wildman–Crippen MR) is 100 cm³/mol. The van der Waals surface area contributed by atoms with Gasteiger partial charge in [0.05, 0.1) is 5.56 Å². The van der Waals surface area contributed by atoms with E-state index in [4.69, 9.17) is 0 Å². The summed E-state index contributed by atoms with van der Waals surface area (Å²) in [7, 11) is 2.18. The second kappa shape index (κ2) is 6.42. The highest BCUT2D eigenvalue weighted by Crippen LogP contribution is 2.34. The first-order valence-corrected chi connectivity index (χ1v) is 9.28. The Bertz CT molecular complexity index is 845. The standard InChI is InChI=1S/C19H21N3OS/c1-22-7-4-13(5-8-22)17-11-20-18-3-2-15(10-16(17)18)21-19(23)14-6-9-24-12-14/h2-3,6,9-13,20H,4-5,7-8H2,1H3,(H,21,23). The third-order valence-electron chi connectivity index (χ3n) is 4.91. The zero-order valence-electron chi connectivity index (χ0n) is 13.7. The number of amides is 1. The van der Waals surface area contributed by atoms with Gasteiger partial charge < -0.3 is 15.2 Å². The zero-order chi connectivity index (χ0) is 16.5. The molecule has 3 aromatic rings. The van der Waals surface area contributed by atoms with Crippen LogP contribution in [0.5, 0.6) is 0 Å². The fourth-order valence-electron chi connectivity index (χ4n) is 3.47. The monoisotopic (exact) mass is 339 g/mol. The van der Waals surface area contributed by atoms with Gasteiger partial charge in [0.15, 0.2) is 0 Å². The number of nitrogens with zero attached hydrogens (tertiary/aromatic N) is 1. The van der Waals surface area contributed by atoms with Crippen molar-refractivity contribution in [2.45, 2.75) is 18.8 Å². The molecule has 0 aliphatic carbocycles. The van der Waals surface area contributed by atoms with Crippen LogP contribution < -0.4 is 5.32 Å². The molecule has 2 aromatic heterocycles. The number of hydrogen-bond donors (Lipinski definition) is 2. The van der Waals surface area contributed by atoms with Crippen molar-refractivity contribution >= 4 is 33.8 Å². The van der Waals surface area contributed by atoms with E-state index >= 15 is 0 Å². The Morgan fingerprint density at radius 3 is 2.88 bits per heavy atom. The highest BCUT2D eigenvalue weighted by atomic mass is 32.1. The van der Waals surface area contributed by atoms with Gasteiger partial charge >= 0.3 is 0 Å². The lowest BCUT2D eigenvalue weighted by molar-refractivity contribution is 0.102. The number of anilines is 1. The number of piperidine rings is 1. The number of nitrogens with one attached hydrogen (secondary N) is 2. The maximum Gasteiger partial charge on any atom is 0.256 e. The number of aromatic nitrogens is 1. The van der Waals surface area contributed by atoms with E-state index in [-0.39, 0.29) is 5.91 Å². The molecule has 0 unspecified atom stereocenters. The molecule has 1 fully saturated rings. The second-order valence-electron chi connectivity index (χ2n) is 6.55. The Labute approximate surface area is 145 Å². The van der Waals surface area contributed by atoms with E-state index in [1.807, 2.05) is 22.9 Å². The van der Waals surface area contributed by atoms with E-state index in [0.717, 1.165) is 24.3 Å². The average Bonchev–Trinajstić information content (AvgIpc) is 3.25. The van der Waals surface area contributed by atoms with Crippen LogP contribution in [0.1, 0.15) is 34.7 Å². The van der Waals surface area contributed by atoms with Crippen LogP contribution in [0.2, 0.25) is 0 Å². The molecule has 124 valence electrons. The first-order valence-electron chi connectivity index (χ1n) is 8.34. The van der Waals surface area contributed by atoms with Crippen molar-refractivity contribution in [2.24, 2.45) is 0 Å². The Balaban J connectivity index is 1.60. The van der Waals surface area contributed by atoms with E-state index in [0.29, 0.717) is 11.5 Å². The lowest BCUT2D eigenvalue weighted by Gasteiger charge is -2.28. The van der Waals surface area contributed by atoms with E-state index in [2.05, 4.69) is 40.6 Å². The SMILES string of the molecule is CN1CCC(c2c[nH]c3ccc(NC(=O)c4ccsc4)cc23)CC1. The lowest BCUT2D eigenvalue weighted by atomic mass is 9.89. The van der Waals surface area contributed by atoms with Crippen LogP contribution in [0.4, 0.5) is 5.69 Å². The van der Waals surface area contributed by atoms with Crippen molar-refractivity contribution in [2.75, 3.05) is 25.5 Å². The maximum atomic E-state index is 12.3. The number of hydrogen-bond acceptors (Lipinski definition) is 3. The van der Waals surface area contributed by atoms with Gasteiger partial charge in [0.1, 0.15) is 0 Å². The van der Waals surface area contributed by atoms with Crippen molar-refractivity contribution < 1.29 is 4.79 Å². The fraction of sp³-hybridized carbons (Fsp3) is 0.316. The minimum absolute atomic E-state index is 0.0491. The molecule has 24 heavy (non-hydrogen) atoms. The molecule has 1 aliphatic heterocycles. The number of carbonyl (C=O) groups is 1. The van der Waals surface area contributed by atoms with Crippen LogP contribution >= 0.6 is 11.3 Å². The molecule has 1 aliphatic rings. The molecule has 4 rings (SSSR count). The van der Waals surface area contributed by atoms with Gasteiger partial charge in [-0.25, -0.2) is 0 Å². The molecule has 1 saturated heterocycles. The molecule has 1 amide bonds. The zero-order valence-corrected chi connectivity index (χ0v) is 14.5. The Morgan fingerprint density at radius 1 is 1.29 bits per heavy atom. The molecule has 0 atom stereocenters. The van der Waals surface area contributed by atoms with Gasteiger partial charge in [-0.1, -0.05) is 0 Å². The third kappa shape index (κ3) is 2.97. The Morgan fingerprint density at radius 2 is 2.12 bits per heavy atom. The molecule has 0 spiro atoms. The van der Waals surface area contributed by atoms with Crippen LogP contribution in [0.3, 0.4) is 0 Å². The van der Waals surface area contributed by atoms with E-state index in [1.54, 1.807) is 0 Å². The summed E-state index contributed by atoms with van der Waals surface area (Å²) < 4.78 is 0. The van der Waals surface area contributed by atoms with Crippen molar-refractivity contribution in [3.63, 3.8) is 0 Å². The third-order valence-corrected chi connectivity index (χ3v) is 5.60. The van der Waals surface area contributed by atoms with Gasteiger partial charge in [0, 0.05) is 28.2 Å². The molecule has 0 saturated carbocycles. The van der Waals surface area contributed by atoms with Gasteiger partial charge in [-0.15, -0.1) is 0 Å². The summed E-state index contributed by atoms with van der Waals surface area (Å²) in [4.78, 5) is 18.0. The van der Waals surface area contributed by atoms with Crippen LogP contribution in [0.25, 0.3) is 10.9 Å². The first kappa shape index (κ1) is 15.4. The van der Waals surface area contributed by atoms with Crippen molar-refractivity contribution in [3.8, 4) is 0 Å². The molecule has 0 bridgehead atoms. The molecule has 3 heterocycles. The maximum absolute atomic E-state index is 12.3. The minimum atomic E-state index is -0.0491. The smallest absolute Gasteiger partial charge is 0.256 e. The summed E-state index contributed by atoms with van der Waals surface area (Å²) in [5.74, 6) is 0.546. The number of aromatic amines is 1. The summed E-state index contributed by atoms with van der Waals surface area (Å²) in [6.07, 6.45) is 4.52. The highest BCUT2D eigenvalue weighted by molar-refractivity contribution is 7.08. The minimum Gasteiger partial charge on any atom is -0.361 e. The van der Waals surface area contributed by atoms with E-state index < -0.39 is 0 Å². The van der Waals surface area contributed by atoms with Crippen molar-refractivity contribution in [3.05, 3.63) is 52.3 Å².